The van der Waals surface area contributed by atoms with Gasteiger partial charge in [-0.1, -0.05) is 77.4 Å². The van der Waals surface area contributed by atoms with Gasteiger partial charge < -0.3 is 24.8 Å². The average molecular weight is 586 g/mol. The van der Waals surface area contributed by atoms with Crippen LogP contribution in [0, 0.1) is 18.1 Å². The summed E-state index contributed by atoms with van der Waals surface area (Å²) in [5.74, 6) is 0.924. The van der Waals surface area contributed by atoms with Crippen LogP contribution in [-0.4, -0.2) is 0 Å². The fraction of sp³-hybridized carbons (Fsp3) is 0.250. The van der Waals surface area contributed by atoms with E-state index in [1.54, 1.807) is 0 Å². The van der Waals surface area contributed by atoms with Gasteiger partial charge in [-0.2, -0.15) is 11.1 Å². The molecule has 5 heteroatoms. The van der Waals surface area contributed by atoms with E-state index in [4.69, 9.17) is 0 Å². The number of fused-ring (bicyclic) bond motifs is 1. The van der Waals surface area contributed by atoms with Crippen LogP contribution < -0.4 is 24.8 Å². The summed E-state index contributed by atoms with van der Waals surface area (Å²) in [6.07, 6.45) is 7.75. The van der Waals surface area contributed by atoms with E-state index in [-0.39, 0.29) is 24.8 Å². The van der Waals surface area contributed by atoms with Crippen molar-refractivity contribution >= 4 is 30.9 Å². The van der Waals surface area contributed by atoms with Gasteiger partial charge in [0.15, 0.2) is 0 Å². The first-order valence-corrected chi connectivity index (χ1v) is 13.1. The molecule has 0 bridgehead atoms. The van der Waals surface area contributed by atoms with Crippen molar-refractivity contribution in [3.05, 3.63) is 98.6 Å². The van der Waals surface area contributed by atoms with Crippen LogP contribution >= 0.6 is 24.8 Å². The second-order valence-electron chi connectivity index (χ2n) is 6.70. The Morgan fingerprint density at radius 1 is 1.00 bits per heavy atom. The molecular weight excluding hydrogens is 562 g/mol. The van der Waals surface area contributed by atoms with Crippen LogP contribution in [0.1, 0.15) is 50.3 Å². The second kappa shape index (κ2) is 14.0. The summed E-state index contributed by atoms with van der Waals surface area (Å²) in [5, 5.41) is 0. The quantitative estimate of drug-likeness (QED) is 0.461. The van der Waals surface area contributed by atoms with Crippen molar-refractivity contribution in [2.45, 2.75) is 33.6 Å². The van der Waals surface area contributed by atoms with Gasteiger partial charge in [-0.15, -0.1) is 48.4 Å². The Morgan fingerprint density at radius 2 is 1.62 bits per heavy atom. The number of allylic oxidation sites excluding steroid dienone is 5. The third-order valence-electron chi connectivity index (χ3n) is 5.18. The Labute approximate surface area is 214 Å². The van der Waals surface area contributed by atoms with Crippen molar-refractivity contribution in [2.24, 2.45) is 5.92 Å². The van der Waals surface area contributed by atoms with Crippen LogP contribution in [0.15, 0.2) is 69.7 Å². The van der Waals surface area contributed by atoms with Crippen LogP contribution in [0.25, 0.3) is 6.08 Å². The molecule has 0 heterocycles. The summed E-state index contributed by atoms with van der Waals surface area (Å²) in [6, 6.07) is 17.9. The van der Waals surface area contributed by atoms with Crippen LogP contribution in [-0.2, 0) is 22.7 Å². The molecule has 29 heavy (non-hydrogen) atoms. The first-order valence-electron chi connectivity index (χ1n) is 8.90. The Kier molecular flexibility index (Phi) is 13.9. The van der Waals surface area contributed by atoms with Crippen molar-refractivity contribution in [2.75, 3.05) is 0 Å². The van der Waals surface area contributed by atoms with Gasteiger partial charge in [0.05, 0.1) is 0 Å². The number of hydrogen-bond acceptors (Lipinski definition) is 1. The molecule has 4 rings (SSSR count). The fourth-order valence-corrected chi connectivity index (χ4v) is 3.94. The fourth-order valence-electron chi connectivity index (χ4n) is 3.34. The van der Waals surface area contributed by atoms with E-state index in [1.165, 1.54) is 37.9 Å². The molecule has 0 spiro atoms. The van der Waals surface area contributed by atoms with Gasteiger partial charge in [-0.25, -0.2) is 5.57 Å². The maximum atomic E-state index is 4.17. The molecule has 2 aliphatic rings. The van der Waals surface area contributed by atoms with E-state index in [9.17, 15) is 0 Å². The molecule has 2 aromatic carbocycles. The first kappa shape index (κ1) is 28.8. The number of rotatable bonds is 1. The van der Waals surface area contributed by atoms with Crippen molar-refractivity contribution in [3.8, 4) is 0 Å². The normalized spacial score (nSPS) is 18.2. The molecule has 2 aromatic rings. The van der Waals surface area contributed by atoms with Crippen molar-refractivity contribution < 1.29 is 47.5 Å². The first-order chi connectivity index (χ1) is 13.0. The number of halogens is 3. The predicted octanol–water partition coefficient (Wildman–Crippen LogP) is 1.78. The predicted molar refractivity (Wildman–Crippen MR) is 118 cm³/mol. The second-order valence-corrected chi connectivity index (χ2v) is 7.55. The molecule has 0 amide bonds. The van der Waals surface area contributed by atoms with Gasteiger partial charge >= 0.3 is 31.5 Å². The molecule has 0 fully saturated rings. The van der Waals surface area contributed by atoms with E-state index in [1.807, 2.05) is 6.07 Å². The van der Waals surface area contributed by atoms with Crippen molar-refractivity contribution in [1.29, 1.82) is 0 Å². The zero-order chi connectivity index (χ0) is 20.0. The number of benzene rings is 2. The third-order valence-corrected chi connectivity index (χ3v) is 5.87. The molecule has 0 radical (unpaired) electrons. The van der Waals surface area contributed by atoms with Crippen LogP contribution in [0.4, 0.5) is 0 Å². The van der Waals surface area contributed by atoms with Crippen LogP contribution in [0.5, 0.6) is 0 Å². The van der Waals surface area contributed by atoms with Gasteiger partial charge in [0, 0.05) is 0 Å². The third kappa shape index (κ3) is 7.18. The molecule has 0 N–H and O–H groups in total. The van der Waals surface area contributed by atoms with Crippen LogP contribution in [0.3, 0.4) is 0 Å². The monoisotopic (exact) mass is 582 g/mol. The van der Waals surface area contributed by atoms with E-state index >= 15 is 0 Å². The molecule has 0 saturated carbocycles. The molecule has 2 unspecified atom stereocenters. The van der Waals surface area contributed by atoms with Gasteiger partial charge in [-0.3, -0.25) is 6.08 Å². The SMILES string of the molecule is Brc1cc[c-]c2c1C(c1ccccc1)C=C2.CC1=[C-]C(C)C(C)=C1C.[Cl-].[Cl-].[S]=[Zr+2]. The van der Waals surface area contributed by atoms with E-state index < -0.39 is 0 Å². The Hall–Kier alpha value is -0.177. The summed E-state index contributed by atoms with van der Waals surface area (Å²) in [5.41, 5.74) is 8.10. The zero-order valence-corrected chi connectivity index (χ0v) is 23.3. The van der Waals surface area contributed by atoms with Crippen molar-refractivity contribution in [3.63, 3.8) is 0 Å². The summed E-state index contributed by atoms with van der Waals surface area (Å²) < 4.78 is 1.17. The minimum atomic E-state index is 0. The summed E-state index contributed by atoms with van der Waals surface area (Å²) in [6.45, 7) is 8.67. The maximum absolute atomic E-state index is 4.17. The van der Waals surface area contributed by atoms with Gasteiger partial charge in [0.2, 0.25) is 0 Å². The zero-order valence-electron chi connectivity index (χ0n) is 16.9. The molecule has 2 atom stereocenters. The summed E-state index contributed by atoms with van der Waals surface area (Å²) in [4.78, 5) is 0. The number of hydrogen-bond donors (Lipinski definition) is 0. The molecule has 2 aliphatic carbocycles. The molecular formula is C24H23BrCl2SZr-2. The van der Waals surface area contributed by atoms with Crippen LogP contribution in [0.2, 0.25) is 0 Å². The summed E-state index contributed by atoms with van der Waals surface area (Å²) in [7, 11) is 4.17. The molecule has 0 aliphatic heterocycles. The van der Waals surface area contributed by atoms with Gasteiger partial charge in [0.25, 0.3) is 0 Å². The summed E-state index contributed by atoms with van der Waals surface area (Å²) >= 11 is 4.76. The Bertz CT molecular complexity index is 891. The van der Waals surface area contributed by atoms with E-state index in [0.717, 1.165) is 22.7 Å². The topological polar surface area (TPSA) is 0 Å². The molecule has 0 nitrogen and oxygen atoms in total. The molecule has 0 saturated heterocycles. The minimum absolute atomic E-state index is 0. The van der Waals surface area contributed by atoms with Crippen molar-refractivity contribution in [1.82, 2.24) is 0 Å². The van der Waals surface area contributed by atoms with E-state index in [2.05, 4.69) is 113 Å². The molecule has 0 aromatic heterocycles. The van der Waals surface area contributed by atoms with Gasteiger partial charge in [-0.05, 0) is 11.5 Å². The van der Waals surface area contributed by atoms with Gasteiger partial charge in [0.1, 0.15) is 0 Å². The average Bonchev–Trinajstić information content (AvgIpc) is 3.23. The molecule has 152 valence electrons. The Balaban J connectivity index is 0.000000524. The standard InChI is InChI=1S/C15H10Br.C9H13.2ClH.S.Zr/c16-14-8-4-7-12-9-10-13(15(12)14)11-5-2-1-3-6-11;1-6-5-7(2)9(4)8(6)3;;;;/h1-6,8-10,13H;6H,1-4H3;2*1H;;/q2*-1;;;;+2/p-2. The van der Waals surface area contributed by atoms with E-state index in [0.29, 0.717) is 11.8 Å². The Morgan fingerprint density at radius 3 is 2.10 bits per heavy atom.